The number of nitro benzene ring substituents is 1. The van der Waals surface area contributed by atoms with Gasteiger partial charge < -0.3 is 14.5 Å². The molecule has 156 valence electrons. The first-order valence-electron chi connectivity index (χ1n) is 9.53. The molecule has 8 nitrogen and oxygen atoms in total. The smallest absolute Gasteiger partial charge is 0.375 e. The number of aryl methyl sites for hydroxylation is 1. The maximum absolute atomic E-state index is 12.7. The van der Waals surface area contributed by atoms with E-state index >= 15 is 0 Å². The number of esters is 1. The molecule has 0 aliphatic heterocycles. The molecule has 0 fully saturated rings. The molecule has 4 aromatic rings. The molecule has 0 saturated carbocycles. The van der Waals surface area contributed by atoms with Crippen molar-refractivity contribution in [1.82, 2.24) is 0 Å². The zero-order valence-corrected chi connectivity index (χ0v) is 16.7. The van der Waals surface area contributed by atoms with Gasteiger partial charge in [-0.3, -0.25) is 14.9 Å². The number of hydrogen-bond donors (Lipinski definition) is 1. The molecule has 0 radical (unpaired) electrons. The summed E-state index contributed by atoms with van der Waals surface area (Å²) in [4.78, 5) is 35.7. The first-order chi connectivity index (χ1) is 14.9. The van der Waals surface area contributed by atoms with E-state index in [2.05, 4.69) is 5.32 Å². The summed E-state index contributed by atoms with van der Waals surface area (Å²) in [7, 11) is 0. The lowest BCUT2D eigenvalue weighted by Gasteiger charge is -2.13. The predicted molar refractivity (Wildman–Crippen MR) is 115 cm³/mol. The number of ether oxygens (including phenoxy) is 1. The normalized spacial score (nSPS) is 11.9. The van der Waals surface area contributed by atoms with Crippen LogP contribution in [-0.4, -0.2) is 22.9 Å². The maximum Gasteiger partial charge on any atom is 0.375 e. The van der Waals surface area contributed by atoms with Crippen molar-refractivity contribution in [3.05, 3.63) is 82.1 Å². The summed E-state index contributed by atoms with van der Waals surface area (Å²) in [6.07, 6.45) is -1.20. The standard InChI is InChI=1S/C23H18N2O6/c1-13-16-12-11-15-7-3-4-8-17(15)21(16)31-20(13)23(27)30-14(2)22(26)24-18-9-5-6-10-19(18)25(28)29/h3-12,14H,1-2H3,(H,24,26)/t14-/m1/s1. The van der Waals surface area contributed by atoms with E-state index in [-0.39, 0.29) is 17.1 Å². The molecule has 1 N–H and O–H groups in total. The van der Waals surface area contributed by atoms with Gasteiger partial charge in [0.1, 0.15) is 11.3 Å². The molecule has 0 unspecified atom stereocenters. The molecular weight excluding hydrogens is 400 g/mol. The first kappa shape index (κ1) is 20.1. The maximum atomic E-state index is 12.7. The van der Waals surface area contributed by atoms with Crippen LogP contribution in [0.5, 0.6) is 0 Å². The van der Waals surface area contributed by atoms with Crippen LogP contribution in [0.2, 0.25) is 0 Å². The summed E-state index contributed by atoms with van der Waals surface area (Å²) in [5.41, 5.74) is 0.942. The number of anilines is 1. The highest BCUT2D eigenvalue weighted by atomic mass is 16.6. The van der Waals surface area contributed by atoms with Crippen LogP contribution in [-0.2, 0) is 9.53 Å². The summed E-state index contributed by atoms with van der Waals surface area (Å²) in [5.74, 6) is -1.47. The number of carbonyl (C=O) groups is 2. The predicted octanol–water partition coefficient (Wildman–Crippen LogP) is 4.99. The fraction of sp³-hybridized carbons (Fsp3) is 0.130. The summed E-state index contributed by atoms with van der Waals surface area (Å²) in [5, 5.41) is 16.2. The molecule has 1 atom stereocenters. The van der Waals surface area contributed by atoms with E-state index < -0.39 is 22.9 Å². The van der Waals surface area contributed by atoms with Gasteiger partial charge in [-0.2, -0.15) is 0 Å². The number of nitrogens with zero attached hydrogens (tertiary/aromatic N) is 1. The number of benzene rings is 3. The molecule has 0 spiro atoms. The second-order valence-corrected chi connectivity index (χ2v) is 7.03. The van der Waals surface area contributed by atoms with Crippen molar-refractivity contribution in [2.24, 2.45) is 0 Å². The Morgan fingerprint density at radius 2 is 1.74 bits per heavy atom. The number of hydrogen-bond acceptors (Lipinski definition) is 6. The first-order valence-corrected chi connectivity index (χ1v) is 9.53. The Morgan fingerprint density at radius 3 is 2.52 bits per heavy atom. The van der Waals surface area contributed by atoms with Gasteiger partial charge in [-0.25, -0.2) is 4.79 Å². The van der Waals surface area contributed by atoms with Crippen molar-refractivity contribution < 1.29 is 23.7 Å². The van der Waals surface area contributed by atoms with Gasteiger partial charge in [0.15, 0.2) is 6.10 Å². The van der Waals surface area contributed by atoms with E-state index in [4.69, 9.17) is 9.15 Å². The monoisotopic (exact) mass is 418 g/mol. The average molecular weight is 418 g/mol. The lowest BCUT2D eigenvalue weighted by molar-refractivity contribution is -0.383. The lowest BCUT2D eigenvalue weighted by Crippen LogP contribution is -2.30. The molecule has 3 aromatic carbocycles. The fourth-order valence-corrected chi connectivity index (χ4v) is 3.38. The molecule has 0 aliphatic rings. The third kappa shape index (κ3) is 3.71. The zero-order chi connectivity index (χ0) is 22.1. The molecule has 1 aromatic heterocycles. The third-order valence-electron chi connectivity index (χ3n) is 5.03. The number of para-hydroxylation sites is 2. The Kier molecular flexibility index (Phi) is 5.12. The van der Waals surface area contributed by atoms with Crippen molar-refractivity contribution in [2.75, 3.05) is 5.32 Å². The van der Waals surface area contributed by atoms with Gasteiger partial charge in [0.05, 0.1) is 4.92 Å². The van der Waals surface area contributed by atoms with Gasteiger partial charge in [-0.15, -0.1) is 0 Å². The minimum absolute atomic E-state index is 0.0108. The Morgan fingerprint density at radius 1 is 1.03 bits per heavy atom. The summed E-state index contributed by atoms with van der Waals surface area (Å²) < 4.78 is 11.1. The summed E-state index contributed by atoms with van der Waals surface area (Å²) >= 11 is 0. The second kappa shape index (κ2) is 7.91. The molecule has 31 heavy (non-hydrogen) atoms. The summed E-state index contributed by atoms with van der Waals surface area (Å²) in [6, 6.07) is 17.2. The van der Waals surface area contributed by atoms with Crippen molar-refractivity contribution in [3.8, 4) is 0 Å². The van der Waals surface area contributed by atoms with Gasteiger partial charge in [-0.1, -0.05) is 48.5 Å². The lowest BCUT2D eigenvalue weighted by atomic mass is 10.1. The highest BCUT2D eigenvalue weighted by molar-refractivity contribution is 6.08. The zero-order valence-electron chi connectivity index (χ0n) is 16.7. The average Bonchev–Trinajstić information content (AvgIpc) is 3.11. The SMILES string of the molecule is Cc1c(C(=O)O[C@H](C)C(=O)Nc2ccccc2[N+](=O)[O-])oc2c1ccc1ccccc12. The van der Waals surface area contributed by atoms with E-state index in [1.807, 2.05) is 36.4 Å². The van der Waals surface area contributed by atoms with Crippen LogP contribution in [0.25, 0.3) is 21.7 Å². The van der Waals surface area contributed by atoms with E-state index in [1.54, 1.807) is 13.0 Å². The minimum Gasteiger partial charge on any atom is -0.448 e. The number of fused-ring (bicyclic) bond motifs is 3. The number of amides is 1. The third-order valence-corrected chi connectivity index (χ3v) is 5.03. The van der Waals surface area contributed by atoms with Crippen molar-refractivity contribution in [2.45, 2.75) is 20.0 Å². The van der Waals surface area contributed by atoms with Gasteiger partial charge in [-0.05, 0) is 25.3 Å². The van der Waals surface area contributed by atoms with Gasteiger partial charge in [0.2, 0.25) is 5.76 Å². The van der Waals surface area contributed by atoms with Crippen LogP contribution in [0.1, 0.15) is 23.0 Å². The summed E-state index contributed by atoms with van der Waals surface area (Å²) in [6.45, 7) is 3.13. The molecule has 8 heteroatoms. The molecule has 1 heterocycles. The molecule has 0 bridgehead atoms. The highest BCUT2D eigenvalue weighted by Crippen LogP contribution is 2.32. The Hall–Kier alpha value is -4.20. The topological polar surface area (TPSA) is 112 Å². The quantitative estimate of drug-likeness (QED) is 0.278. The molecule has 0 aliphatic carbocycles. The van der Waals surface area contributed by atoms with Crippen LogP contribution >= 0.6 is 0 Å². The van der Waals surface area contributed by atoms with Crippen LogP contribution < -0.4 is 5.32 Å². The molecule has 1 amide bonds. The van der Waals surface area contributed by atoms with Crippen LogP contribution in [0.3, 0.4) is 0 Å². The van der Waals surface area contributed by atoms with Crippen LogP contribution in [0.4, 0.5) is 11.4 Å². The van der Waals surface area contributed by atoms with Crippen molar-refractivity contribution >= 4 is 45.0 Å². The Labute approximate surface area is 176 Å². The number of rotatable bonds is 5. The van der Waals surface area contributed by atoms with Crippen molar-refractivity contribution in [1.29, 1.82) is 0 Å². The molecule has 4 rings (SSSR count). The van der Waals surface area contributed by atoms with E-state index in [9.17, 15) is 19.7 Å². The number of furan rings is 1. The number of nitro groups is 1. The number of nitrogens with one attached hydrogen (secondary N) is 1. The second-order valence-electron chi connectivity index (χ2n) is 7.03. The van der Waals surface area contributed by atoms with Gasteiger partial charge in [0, 0.05) is 22.4 Å². The Balaban J connectivity index is 1.56. The van der Waals surface area contributed by atoms with E-state index in [0.717, 1.165) is 16.2 Å². The molecule has 0 saturated heterocycles. The largest absolute Gasteiger partial charge is 0.448 e. The molecular formula is C23H18N2O6. The van der Waals surface area contributed by atoms with Gasteiger partial charge >= 0.3 is 5.97 Å². The van der Waals surface area contributed by atoms with E-state index in [0.29, 0.717) is 11.1 Å². The van der Waals surface area contributed by atoms with Gasteiger partial charge in [0.25, 0.3) is 11.6 Å². The fourth-order valence-electron chi connectivity index (χ4n) is 3.38. The van der Waals surface area contributed by atoms with Crippen molar-refractivity contribution in [3.63, 3.8) is 0 Å². The number of carbonyl (C=O) groups excluding carboxylic acids is 2. The van der Waals surface area contributed by atoms with Crippen LogP contribution in [0, 0.1) is 17.0 Å². The van der Waals surface area contributed by atoms with Crippen LogP contribution in [0.15, 0.2) is 65.1 Å². The van der Waals surface area contributed by atoms with E-state index in [1.165, 1.54) is 25.1 Å². The minimum atomic E-state index is -1.20. The Bertz CT molecular complexity index is 1340. The highest BCUT2D eigenvalue weighted by Gasteiger charge is 2.26.